The largest absolute Gasteiger partial charge is 0.439 e. The van der Waals surface area contributed by atoms with Crippen LogP contribution in [0.2, 0.25) is 0 Å². The number of nitrogens with zero attached hydrogens (tertiary/aromatic N) is 4. The van der Waals surface area contributed by atoms with E-state index in [4.69, 9.17) is 9.51 Å². The van der Waals surface area contributed by atoms with Gasteiger partial charge in [-0.15, -0.1) is 0 Å². The predicted octanol–water partition coefficient (Wildman–Crippen LogP) is 5.52. The van der Waals surface area contributed by atoms with E-state index in [0.29, 0.717) is 42.9 Å². The lowest BCUT2D eigenvalue weighted by molar-refractivity contribution is -0.119. The lowest BCUT2D eigenvalue weighted by atomic mass is 9.96. The molecule has 1 aliphatic heterocycles. The first-order chi connectivity index (χ1) is 21.4. The van der Waals surface area contributed by atoms with Crippen LogP contribution in [0.5, 0.6) is 0 Å². The van der Waals surface area contributed by atoms with Crippen molar-refractivity contribution < 1.29 is 9.32 Å². The summed E-state index contributed by atoms with van der Waals surface area (Å²) in [5.41, 5.74) is 6.99. The van der Waals surface area contributed by atoms with Crippen molar-refractivity contribution in [2.75, 3.05) is 18.0 Å². The van der Waals surface area contributed by atoms with E-state index in [1.54, 1.807) is 4.57 Å². The first-order valence-corrected chi connectivity index (χ1v) is 15.2. The molecular weight excluding hydrogens is 554 g/mol. The molecule has 1 N–H and O–H groups in total. The van der Waals surface area contributed by atoms with Gasteiger partial charge in [0, 0.05) is 55.6 Å². The molecule has 6 rings (SSSR count). The Morgan fingerprint density at radius 1 is 0.841 bits per heavy atom. The van der Waals surface area contributed by atoms with Gasteiger partial charge in [0.2, 0.25) is 0 Å². The van der Waals surface area contributed by atoms with Gasteiger partial charge in [-0.25, -0.2) is 9.78 Å². The highest BCUT2D eigenvalue weighted by atomic mass is 16.5. The third-order valence-electron chi connectivity index (χ3n) is 8.20. The number of aromatic amines is 1. The fraction of sp³-hybridized carbons (Fsp3) is 0.286. The second kappa shape index (κ2) is 12.7. The average Bonchev–Trinajstić information content (AvgIpc) is 3.49. The number of carbonyl (C=O) groups is 1. The Morgan fingerprint density at radius 3 is 2.16 bits per heavy atom. The van der Waals surface area contributed by atoms with Crippen LogP contribution in [0.1, 0.15) is 55.8 Å². The molecule has 0 bridgehead atoms. The van der Waals surface area contributed by atoms with E-state index in [1.165, 1.54) is 0 Å². The molecule has 9 nitrogen and oxygen atoms in total. The Hall–Kier alpha value is -5.05. The van der Waals surface area contributed by atoms with Crippen LogP contribution in [0.15, 0.2) is 86.9 Å². The number of H-pyrrole nitrogens is 1. The summed E-state index contributed by atoms with van der Waals surface area (Å²) in [5.74, 6) is 0.834. The van der Waals surface area contributed by atoms with E-state index >= 15 is 0 Å². The number of anilines is 1. The first-order valence-electron chi connectivity index (χ1n) is 15.2. The number of aromatic nitrogens is 4. The number of hydrogen-bond acceptors (Lipinski definition) is 7. The topological polar surface area (TPSA) is 114 Å². The van der Waals surface area contributed by atoms with E-state index in [-0.39, 0.29) is 5.56 Å². The Kier molecular flexibility index (Phi) is 8.36. The van der Waals surface area contributed by atoms with Crippen LogP contribution >= 0.6 is 0 Å². The maximum absolute atomic E-state index is 14.2. The van der Waals surface area contributed by atoms with Crippen LogP contribution < -0.4 is 16.2 Å². The maximum atomic E-state index is 14.2. The molecule has 0 aliphatic carbocycles. The smallest absolute Gasteiger partial charge is 0.371 e. The second-order valence-corrected chi connectivity index (χ2v) is 11.1. The molecule has 224 valence electrons. The second-order valence-electron chi connectivity index (χ2n) is 11.1. The fourth-order valence-electron chi connectivity index (χ4n) is 5.89. The molecule has 3 heterocycles. The average molecular weight is 590 g/mol. The van der Waals surface area contributed by atoms with Crippen molar-refractivity contribution in [3.05, 3.63) is 116 Å². The quantitative estimate of drug-likeness (QED) is 0.241. The number of rotatable bonds is 9. The SMILES string of the molecule is CCCc1nc(CC)n(-c2ccc(N3CCC(=O)CC3)cc2)c(=O)c1Cc1ccc(-c2ccccc2-c2noc(=O)[nH]2)cc1. The van der Waals surface area contributed by atoms with Gasteiger partial charge >= 0.3 is 5.76 Å². The molecule has 44 heavy (non-hydrogen) atoms. The normalized spacial score (nSPS) is 13.4. The minimum atomic E-state index is -0.600. The van der Waals surface area contributed by atoms with E-state index in [1.807, 2.05) is 79.7 Å². The van der Waals surface area contributed by atoms with Crippen molar-refractivity contribution in [1.82, 2.24) is 19.7 Å². The van der Waals surface area contributed by atoms with Crippen molar-refractivity contribution in [3.63, 3.8) is 0 Å². The number of Topliss-reactive ketones (excluding diaryl/α,β-unsaturated/α-hetero) is 1. The zero-order valence-corrected chi connectivity index (χ0v) is 25.0. The molecule has 9 heteroatoms. The van der Waals surface area contributed by atoms with Crippen LogP contribution in [-0.2, 0) is 24.1 Å². The summed E-state index contributed by atoms with van der Waals surface area (Å²) in [4.78, 5) is 47.3. The molecule has 0 amide bonds. The zero-order valence-electron chi connectivity index (χ0n) is 25.0. The van der Waals surface area contributed by atoms with Gasteiger partial charge in [0.25, 0.3) is 5.56 Å². The van der Waals surface area contributed by atoms with Gasteiger partial charge in [-0.1, -0.05) is 74.0 Å². The minimum absolute atomic E-state index is 0.0407. The molecule has 0 saturated carbocycles. The first kappa shape index (κ1) is 29.0. The van der Waals surface area contributed by atoms with Crippen LogP contribution in [0, 0.1) is 0 Å². The monoisotopic (exact) mass is 589 g/mol. The van der Waals surface area contributed by atoms with Gasteiger partial charge in [0.1, 0.15) is 11.6 Å². The number of hydrogen-bond donors (Lipinski definition) is 1. The molecule has 0 unspecified atom stereocenters. The van der Waals surface area contributed by atoms with Gasteiger partial charge in [0.15, 0.2) is 5.82 Å². The van der Waals surface area contributed by atoms with Crippen LogP contribution in [0.4, 0.5) is 5.69 Å². The fourth-order valence-corrected chi connectivity index (χ4v) is 5.89. The van der Waals surface area contributed by atoms with E-state index in [0.717, 1.165) is 71.1 Å². The van der Waals surface area contributed by atoms with Crippen molar-refractivity contribution in [2.45, 2.75) is 52.4 Å². The summed E-state index contributed by atoms with van der Waals surface area (Å²) >= 11 is 0. The third kappa shape index (κ3) is 5.90. The molecular formula is C35H35N5O4. The lowest BCUT2D eigenvalue weighted by Gasteiger charge is -2.28. The highest BCUT2D eigenvalue weighted by molar-refractivity contribution is 5.81. The Balaban J connectivity index is 1.32. The van der Waals surface area contributed by atoms with Crippen LogP contribution in [0.25, 0.3) is 28.2 Å². The molecule has 1 aliphatic rings. The lowest BCUT2D eigenvalue weighted by Crippen LogP contribution is -2.33. The summed E-state index contributed by atoms with van der Waals surface area (Å²) in [5, 5.41) is 3.86. The van der Waals surface area contributed by atoms with Gasteiger partial charge in [-0.05, 0) is 47.4 Å². The number of piperidine rings is 1. The van der Waals surface area contributed by atoms with Gasteiger partial charge < -0.3 is 4.90 Å². The number of aryl methyl sites for hydroxylation is 2. The van der Waals surface area contributed by atoms with E-state index in [9.17, 15) is 14.4 Å². The van der Waals surface area contributed by atoms with E-state index < -0.39 is 5.76 Å². The molecule has 2 aromatic heterocycles. The molecule has 0 spiro atoms. The number of nitrogens with one attached hydrogen (secondary N) is 1. The van der Waals surface area contributed by atoms with Crippen molar-refractivity contribution >= 4 is 11.5 Å². The van der Waals surface area contributed by atoms with Crippen molar-refractivity contribution in [3.8, 4) is 28.2 Å². The highest BCUT2D eigenvalue weighted by Gasteiger charge is 2.20. The van der Waals surface area contributed by atoms with Gasteiger partial charge in [-0.3, -0.25) is 23.7 Å². The van der Waals surface area contributed by atoms with Gasteiger partial charge in [0.05, 0.1) is 11.4 Å². The maximum Gasteiger partial charge on any atom is 0.439 e. The standard InChI is InChI=1S/C35H35N5O4/c1-3-7-31-30(22-23-10-12-24(13-11-23)28-8-5-6-9-29(28)33-37-35(43)44-38-33)34(42)40(32(4-2)36-31)26-16-14-25(15-17-26)39-20-18-27(41)19-21-39/h5-6,8-17H,3-4,7,18-22H2,1-2H3,(H,37,38,43). The molecule has 3 aromatic carbocycles. The summed E-state index contributed by atoms with van der Waals surface area (Å²) in [6.07, 6.45) is 3.86. The third-order valence-corrected chi connectivity index (χ3v) is 8.20. The van der Waals surface area contributed by atoms with Crippen molar-refractivity contribution in [1.29, 1.82) is 0 Å². The molecule has 1 saturated heterocycles. The highest BCUT2D eigenvalue weighted by Crippen LogP contribution is 2.30. The van der Waals surface area contributed by atoms with Crippen LogP contribution in [-0.4, -0.2) is 38.6 Å². The number of carbonyl (C=O) groups excluding carboxylic acids is 1. The zero-order chi connectivity index (χ0) is 30.6. The summed E-state index contributed by atoms with van der Waals surface area (Å²) < 4.78 is 6.47. The minimum Gasteiger partial charge on any atom is -0.371 e. The summed E-state index contributed by atoms with van der Waals surface area (Å²) in [6, 6.07) is 23.8. The van der Waals surface area contributed by atoms with E-state index in [2.05, 4.69) is 22.0 Å². The molecule has 0 atom stereocenters. The Morgan fingerprint density at radius 2 is 1.52 bits per heavy atom. The molecule has 5 aromatic rings. The molecule has 0 radical (unpaired) electrons. The number of ketones is 1. The number of benzene rings is 3. The summed E-state index contributed by atoms with van der Waals surface area (Å²) in [7, 11) is 0. The van der Waals surface area contributed by atoms with Crippen LogP contribution in [0.3, 0.4) is 0 Å². The Labute approximate surface area is 255 Å². The predicted molar refractivity (Wildman–Crippen MR) is 170 cm³/mol. The van der Waals surface area contributed by atoms with Gasteiger partial charge in [-0.2, -0.15) is 0 Å². The molecule has 1 fully saturated rings. The van der Waals surface area contributed by atoms with Crippen molar-refractivity contribution in [2.24, 2.45) is 0 Å². The summed E-state index contributed by atoms with van der Waals surface area (Å²) in [6.45, 7) is 5.57. The Bertz CT molecular complexity index is 1890.